The molecule has 0 saturated heterocycles. The standard InChI is InChI=1S/C19H17NO3/c21-14-17-13-18(22)11-12-20(17)23-19(15-7-3-1-4-8-15)16-9-5-2-6-10-16/h1-13,19,21H,14H2. The molecule has 1 aromatic heterocycles. The molecule has 0 bridgehead atoms. The van der Waals surface area contributed by atoms with Gasteiger partial charge in [0.15, 0.2) is 11.5 Å². The van der Waals surface area contributed by atoms with Gasteiger partial charge in [-0.3, -0.25) is 4.79 Å². The van der Waals surface area contributed by atoms with Crippen LogP contribution in [0.5, 0.6) is 0 Å². The molecule has 0 aliphatic carbocycles. The van der Waals surface area contributed by atoms with Gasteiger partial charge in [0.25, 0.3) is 0 Å². The molecule has 1 heterocycles. The molecule has 0 aliphatic heterocycles. The summed E-state index contributed by atoms with van der Waals surface area (Å²) in [5.74, 6) is 0. The first-order valence-corrected chi connectivity index (χ1v) is 7.37. The van der Waals surface area contributed by atoms with E-state index in [9.17, 15) is 9.90 Å². The molecule has 2 aromatic carbocycles. The Morgan fingerprint density at radius 3 is 2.00 bits per heavy atom. The van der Waals surface area contributed by atoms with E-state index in [0.717, 1.165) is 11.1 Å². The van der Waals surface area contributed by atoms with Crippen molar-refractivity contribution in [1.29, 1.82) is 0 Å². The van der Waals surface area contributed by atoms with Crippen LogP contribution < -0.4 is 10.3 Å². The summed E-state index contributed by atoms with van der Waals surface area (Å²) in [6.07, 6.45) is 1.19. The van der Waals surface area contributed by atoms with Gasteiger partial charge in [0, 0.05) is 18.3 Å². The summed E-state index contributed by atoms with van der Waals surface area (Å²) in [6, 6.07) is 22.4. The number of aromatic nitrogens is 1. The molecule has 0 unspecified atom stereocenters. The van der Waals surface area contributed by atoms with Gasteiger partial charge in [0.05, 0.1) is 12.3 Å². The van der Waals surface area contributed by atoms with Gasteiger partial charge in [-0.25, -0.2) is 0 Å². The third-order valence-electron chi connectivity index (χ3n) is 3.55. The van der Waals surface area contributed by atoms with Crippen LogP contribution in [0.15, 0.2) is 83.8 Å². The zero-order valence-corrected chi connectivity index (χ0v) is 12.5. The lowest BCUT2D eigenvalue weighted by molar-refractivity contribution is 0.0465. The van der Waals surface area contributed by atoms with Crippen LogP contribution in [0.4, 0.5) is 0 Å². The van der Waals surface area contributed by atoms with Gasteiger partial charge in [0.1, 0.15) is 0 Å². The molecule has 4 nitrogen and oxygen atoms in total. The molecule has 3 aromatic rings. The third kappa shape index (κ3) is 3.49. The Bertz CT molecular complexity index is 773. The first-order valence-electron chi connectivity index (χ1n) is 7.37. The molecule has 0 amide bonds. The normalized spacial score (nSPS) is 10.7. The van der Waals surface area contributed by atoms with Crippen molar-refractivity contribution in [3.8, 4) is 0 Å². The quantitative estimate of drug-likeness (QED) is 0.788. The van der Waals surface area contributed by atoms with Gasteiger partial charge in [0.2, 0.25) is 0 Å². The van der Waals surface area contributed by atoms with Gasteiger partial charge < -0.3 is 9.94 Å². The van der Waals surface area contributed by atoms with Crippen molar-refractivity contribution < 1.29 is 9.94 Å². The minimum atomic E-state index is -0.342. The minimum Gasteiger partial charge on any atom is -0.401 e. The molecule has 0 atom stereocenters. The van der Waals surface area contributed by atoms with E-state index in [2.05, 4.69) is 0 Å². The van der Waals surface area contributed by atoms with Crippen LogP contribution in [-0.4, -0.2) is 9.84 Å². The largest absolute Gasteiger partial charge is 0.401 e. The van der Waals surface area contributed by atoms with Crippen molar-refractivity contribution in [2.75, 3.05) is 0 Å². The smallest absolute Gasteiger partial charge is 0.182 e. The Labute approximate surface area is 134 Å². The lowest BCUT2D eigenvalue weighted by Crippen LogP contribution is -2.23. The molecular weight excluding hydrogens is 290 g/mol. The average Bonchev–Trinajstić information content (AvgIpc) is 2.62. The van der Waals surface area contributed by atoms with E-state index in [1.165, 1.54) is 23.1 Å². The van der Waals surface area contributed by atoms with Crippen molar-refractivity contribution in [3.05, 3.63) is 106 Å². The second-order valence-electron chi connectivity index (χ2n) is 5.14. The van der Waals surface area contributed by atoms with Crippen molar-refractivity contribution in [1.82, 2.24) is 4.73 Å². The number of nitrogens with zero attached hydrogens (tertiary/aromatic N) is 1. The Morgan fingerprint density at radius 2 is 1.48 bits per heavy atom. The second kappa shape index (κ2) is 6.94. The molecule has 0 fully saturated rings. The van der Waals surface area contributed by atoms with Gasteiger partial charge in [-0.1, -0.05) is 60.7 Å². The molecule has 0 radical (unpaired) electrons. The predicted octanol–water partition coefficient (Wildman–Crippen LogP) is 2.56. The van der Waals surface area contributed by atoms with Gasteiger partial charge >= 0.3 is 0 Å². The van der Waals surface area contributed by atoms with Crippen LogP contribution in [0.25, 0.3) is 0 Å². The summed E-state index contributed by atoms with van der Waals surface area (Å²) in [5.41, 5.74) is 2.22. The summed E-state index contributed by atoms with van der Waals surface area (Å²) in [7, 11) is 0. The molecule has 3 rings (SSSR count). The summed E-state index contributed by atoms with van der Waals surface area (Å²) < 4.78 is 1.45. The van der Waals surface area contributed by atoms with E-state index in [-0.39, 0.29) is 18.1 Å². The highest BCUT2D eigenvalue weighted by Crippen LogP contribution is 2.23. The van der Waals surface area contributed by atoms with Crippen molar-refractivity contribution in [2.24, 2.45) is 0 Å². The maximum absolute atomic E-state index is 11.4. The number of pyridine rings is 1. The summed E-state index contributed by atoms with van der Waals surface area (Å²) in [5, 5.41) is 9.46. The fraction of sp³-hybridized carbons (Fsp3) is 0.105. The third-order valence-corrected chi connectivity index (χ3v) is 3.55. The van der Waals surface area contributed by atoms with Crippen LogP contribution >= 0.6 is 0 Å². The van der Waals surface area contributed by atoms with Crippen LogP contribution in [0.1, 0.15) is 22.9 Å². The zero-order valence-electron chi connectivity index (χ0n) is 12.5. The summed E-state index contributed by atoms with van der Waals surface area (Å²) >= 11 is 0. The zero-order chi connectivity index (χ0) is 16.1. The Balaban J connectivity index is 2.02. The van der Waals surface area contributed by atoms with E-state index in [4.69, 9.17) is 4.84 Å². The summed E-state index contributed by atoms with van der Waals surface area (Å²) in [6.45, 7) is -0.271. The molecule has 0 aliphatic rings. The van der Waals surface area contributed by atoms with Gasteiger partial charge in [-0.05, 0) is 11.1 Å². The molecule has 0 saturated carbocycles. The lowest BCUT2D eigenvalue weighted by Gasteiger charge is -2.22. The lowest BCUT2D eigenvalue weighted by atomic mass is 10.0. The fourth-order valence-corrected chi connectivity index (χ4v) is 2.41. The maximum atomic E-state index is 11.4. The average molecular weight is 307 g/mol. The number of aliphatic hydroxyl groups is 1. The van der Waals surface area contributed by atoms with Crippen molar-refractivity contribution >= 4 is 0 Å². The van der Waals surface area contributed by atoms with Crippen LogP contribution in [0.2, 0.25) is 0 Å². The number of aliphatic hydroxyl groups excluding tert-OH is 1. The molecule has 4 heteroatoms. The Kier molecular flexibility index (Phi) is 4.54. The number of hydrogen-bond acceptors (Lipinski definition) is 3. The molecule has 116 valence electrons. The highest BCUT2D eigenvalue weighted by atomic mass is 16.7. The fourth-order valence-electron chi connectivity index (χ4n) is 2.41. The molecule has 23 heavy (non-hydrogen) atoms. The molecule has 1 N–H and O–H groups in total. The Morgan fingerprint density at radius 1 is 0.913 bits per heavy atom. The van der Waals surface area contributed by atoms with Crippen LogP contribution in [0, 0.1) is 0 Å². The SMILES string of the molecule is O=c1ccn(OC(c2ccccc2)c2ccccc2)c(CO)c1. The highest BCUT2D eigenvalue weighted by Gasteiger charge is 2.17. The van der Waals surface area contributed by atoms with E-state index in [1.807, 2.05) is 60.7 Å². The monoisotopic (exact) mass is 307 g/mol. The number of rotatable bonds is 5. The summed E-state index contributed by atoms with van der Waals surface area (Å²) in [4.78, 5) is 17.5. The van der Waals surface area contributed by atoms with E-state index >= 15 is 0 Å². The first kappa shape index (κ1) is 15.1. The Hall–Kier alpha value is -2.85. The van der Waals surface area contributed by atoms with Gasteiger partial charge in [-0.2, -0.15) is 4.73 Å². The van der Waals surface area contributed by atoms with Crippen molar-refractivity contribution in [3.63, 3.8) is 0 Å². The minimum absolute atomic E-state index is 0.162. The van der Waals surface area contributed by atoms with E-state index in [0.29, 0.717) is 5.69 Å². The highest BCUT2D eigenvalue weighted by molar-refractivity contribution is 5.30. The molecular formula is C19H17NO3. The topological polar surface area (TPSA) is 51.5 Å². The predicted molar refractivity (Wildman–Crippen MR) is 87.9 cm³/mol. The molecule has 0 spiro atoms. The van der Waals surface area contributed by atoms with Crippen LogP contribution in [-0.2, 0) is 6.61 Å². The first-order chi connectivity index (χ1) is 11.3. The van der Waals surface area contributed by atoms with E-state index in [1.54, 1.807) is 0 Å². The van der Waals surface area contributed by atoms with E-state index < -0.39 is 0 Å². The second-order valence-corrected chi connectivity index (χ2v) is 5.14. The van der Waals surface area contributed by atoms with Gasteiger partial charge in [-0.15, -0.1) is 0 Å². The number of hydrogen-bond donors (Lipinski definition) is 1. The maximum Gasteiger partial charge on any atom is 0.182 e. The van der Waals surface area contributed by atoms with Crippen molar-refractivity contribution in [2.45, 2.75) is 12.7 Å². The number of benzene rings is 2. The van der Waals surface area contributed by atoms with Crippen LogP contribution in [0.3, 0.4) is 0 Å².